The molecule has 0 spiro atoms. The Morgan fingerprint density at radius 1 is 1.25 bits per heavy atom. The molecule has 3 amide bonds. The standard InChI is InChI=1S/C17H27N5O2/c1-4-21(5-2)16-7-6-15(12-18-16)20-17(24)19-14-8-10-22(11-9-14)13(3)23/h6-7,12,14H,4-5,8-11H2,1-3H3,(H2,19,20,24). The topological polar surface area (TPSA) is 77.6 Å². The number of hydrogen-bond acceptors (Lipinski definition) is 4. The number of anilines is 2. The lowest BCUT2D eigenvalue weighted by Gasteiger charge is -2.31. The molecule has 7 heteroatoms. The number of amides is 3. The number of nitrogens with one attached hydrogen (secondary N) is 2. The highest BCUT2D eigenvalue weighted by Crippen LogP contribution is 2.14. The maximum Gasteiger partial charge on any atom is 0.319 e. The van der Waals surface area contributed by atoms with Gasteiger partial charge in [-0.2, -0.15) is 0 Å². The minimum Gasteiger partial charge on any atom is -0.357 e. The minimum absolute atomic E-state index is 0.0947. The lowest BCUT2D eigenvalue weighted by atomic mass is 10.1. The number of pyridine rings is 1. The zero-order valence-electron chi connectivity index (χ0n) is 14.7. The van der Waals surface area contributed by atoms with Crippen molar-refractivity contribution in [1.82, 2.24) is 15.2 Å². The Labute approximate surface area is 143 Å². The van der Waals surface area contributed by atoms with E-state index in [2.05, 4.69) is 34.4 Å². The molecule has 1 fully saturated rings. The summed E-state index contributed by atoms with van der Waals surface area (Å²) < 4.78 is 0. The first kappa shape index (κ1) is 18.0. The molecule has 2 N–H and O–H groups in total. The van der Waals surface area contributed by atoms with Crippen LogP contribution >= 0.6 is 0 Å². The molecule has 1 aromatic heterocycles. The second kappa shape index (κ2) is 8.52. The summed E-state index contributed by atoms with van der Waals surface area (Å²) in [6.07, 6.45) is 3.24. The summed E-state index contributed by atoms with van der Waals surface area (Å²) >= 11 is 0. The van der Waals surface area contributed by atoms with Crippen LogP contribution < -0.4 is 15.5 Å². The van der Waals surface area contributed by atoms with E-state index in [1.807, 2.05) is 17.0 Å². The van der Waals surface area contributed by atoms with Crippen LogP contribution in [0.2, 0.25) is 0 Å². The van der Waals surface area contributed by atoms with Crippen molar-refractivity contribution in [3.05, 3.63) is 18.3 Å². The van der Waals surface area contributed by atoms with Crippen molar-refractivity contribution >= 4 is 23.4 Å². The van der Waals surface area contributed by atoms with Crippen molar-refractivity contribution in [1.29, 1.82) is 0 Å². The predicted octanol–water partition coefficient (Wildman–Crippen LogP) is 2.06. The van der Waals surface area contributed by atoms with Gasteiger partial charge in [0.1, 0.15) is 5.82 Å². The van der Waals surface area contributed by atoms with Gasteiger partial charge in [-0.1, -0.05) is 0 Å². The van der Waals surface area contributed by atoms with Gasteiger partial charge in [0.05, 0.1) is 11.9 Å². The summed E-state index contributed by atoms with van der Waals surface area (Å²) in [6.45, 7) is 8.94. The molecule has 0 bridgehead atoms. The molecule has 1 saturated heterocycles. The number of nitrogens with zero attached hydrogens (tertiary/aromatic N) is 3. The lowest BCUT2D eigenvalue weighted by molar-refractivity contribution is -0.129. The van der Waals surface area contributed by atoms with Crippen molar-refractivity contribution < 1.29 is 9.59 Å². The van der Waals surface area contributed by atoms with Gasteiger partial charge >= 0.3 is 6.03 Å². The third-order valence-corrected chi connectivity index (χ3v) is 4.37. The maximum atomic E-state index is 12.1. The molecular formula is C17H27N5O2. The summed E-state index contributed by atoms with van der Waals surface area (Å²) in [5.41, 5.74) is 0.671. The highest BCUT2D eigenvalue weighted by atomic mass is 16.2. The quantitative estimate of drug-likeness (QED) is 0.865. The molecule has 2 rings (SSSR count). The fourth-order valence-corrected chi connectivity index (χ4v) is 2.89. The van der Waals surface area contributed by atoms with Crippen LogP contribution in [0.25, 0.3) is 0 Å². The van der Waals surface area contributed by atoms with Gasteiger partial charge in [0, 0.05) is 39.1 Å². The number of hydrogen-bond donors (Lipinski definition) is 2. The van der Waals surface area contributed by atoms with Gasteiger partial charge in [-0.05, 0) is 38.8 Å². The fraction of sp³-hybridized carbons (Fsp3) is 0.588. The predicted molar refractivity (Wildman–Crippen MR) is 95.2 cm³/mol. The van der Waals surface area contributed by atoms with Crippen molar-refractivity contribution in [2.45, 2.75) is 39.7 Å². The first-order chi connectivity index (χ1) is 11.5. The van der Waals surface area contributed by atoms with Gasteiger partial charge in [0.2, 0.25) is 5.91 Å². The first-order valence-electron chi connectivity index (χ1n) is 8.57. The third kappa shape index (κ3) is 4.84. The van der Waals surface area contributed by atoms with Crippen LogP contribution in [0.15, 0.2) is 18.3 Å². The Morgan fingerprint density at radius 3 is 2.42 bits per heavy atom. The van der Waals surface area contributed by atoms with E-state index in [1.165, 1.54) is 0 Å². The summed E-state index contributed by atoms with van der Waals surface area (Å²) in [4.78, 5) is 31.7. The van der Waals surface area contributed by atoms with E-state index in [0.717, 1.165) is 31.7 Å². The van der Waals surface area contributed by atoms with E-state index in [-0.39, 0.29) is 18.0 Å². The van der Waals surface area contributed by atoms with E-state index >= 15 is 0 Å². The number of likely N-dealkylation sites (tertiary alicyclic amines) is 1. The summed E-state index contributed by atoms with van der Waals surface area (Å²) in [7, 11) is 0. The number of carbonyl (C=O) groups excluding carboxylic acids is 2. The second-order valence-electron chi connectivity index (χ2n) is 5.96. The average molecular weight is 333 g/mol. The largest absolute Gasteiger partial charge is 0.357 e. The van der Waals surface area contributed by atoms with Gasteiger partial charge in [-0.25, -0.2) is 9.78 Å². The number of urea groups is 1. The van der Waals surface area contributed by atoms with E-state index in [9.17, 15) is 9.59 Å². The molecule has 1 aliphatic rings. The lowest BCUT2D eigenvalue weighted by Crippen LogP contribution is -2.47. The van der Waals surface area contributed by atoms with Gasteiger partial charge in [-0.3, -0.25) is 4.79 Å². The highest BCUT2D eigenvalue weighted by molar-refractivity contribution is 5.89. The maximum absolute atomic E-state index is 12.1. The van der Waals surface area contributed by atoms with E-state index < -0.39 is 0 Å². The number of aromatic nitrogens is 1. The zero-order chi connectivity index (χ0) is 17.5. The van der Waals surface area contributed by atoms with Crippen LogP contribution in [0.4, 0.5) is 16.3 Å². The van der Waals surface area contributed by atoms with Crippen LogP contribution in [0, 0.1) is 0 Å². The van der Waals surface area contributed by atoms with E-state index in [4.69, 9.17) is 0 Å². The van der Waals surface area contributed by atoms with Crippen LogP contribution in [-0.4, -0.2) is 54.0 Å². The Kier molecular flexibility index (Phi) is 6.40. The molecule has 0 saturated carbocycles. The van der Waals surface area contributed by atoms with Crippen molar-refractivity contribution in [3.63, 3.8) is 0 Å². The third-order valence-electron chi connectivity index (χ3n) is 4.37. The number of rotatable bonds is 5. The van der Waals surface area contributed by atoms with Crippen LogP contribution in [0.5, 0.6) is 0 Å². The first-order valence-corrected chi connectivity index (χ1v) is 8.57. The summed E-state index contributed by atoms with van der Waals surface area (Å²) in [5, 5.41) is 5.77. The van der Waals surface area contributed by atoms with Crippen LogP contribution in [0.3, 0.4) is 0 Å². The molecule has 132 valence electrons. The Hall–Kier alpha value is -2.31. The Bertz CT molecular complexity index is 549. The summed E-state index contributed by atoms with van der Waals surface area (Å²) in [6, 6.07) is 3.64. The monoisotopic (exact) mass is 333 g/mol. The molecule has 7 nitrogen and oxygen atoms in total. The van der Waals surface area contributed by atoms with Crippen LogP contribution in [0.1, 0.15) is 33.6 Å². The molecule has 0 atom stereocenters. The number of carbonyl (C=O) groups is 2. The molecule has 24 heavy (non-hydrogen) atoms. The van der Waals surface area contributed by atoms with E-state index in [1.54, 1.807) is 13.1 Å². The highest BCUT2D eigenvalue weighted by Gasteiger charge is 2.21. The van der Waals surface area contributed by atoms with Crippen molar-refractivity contribution in [3.8, 4) is 0 Å². The molecule has 0 radical (unpaired) electrons. The van der Waals surface area contributed by atoms with Gasteiger partial charge in [-0.15, -0.1) is 0 Å². The summed E-state index contributed by atoms with van der Waals surface area (Å²) in [5.74, 6) is 1.000. The molecule has 2 heterocycles. The SMILES string of the molecule is CCN(CC)c1ccc(NC(=O)NC2CCN(C(C)=O)CC2)cn1. The smallest absolute Gasteiger partial charge is 0.319 e. The number of piperidine rings is 1. The second-order valence-corrected chi connectivity index (χ2v) is 5.96. The molecule has 1 aliphatic heterocycles. The molecule has 0 aliphatic carbocycles. The van der Waals surface area contributed by atoms with Gasteiger partial charge in [0.25, 0.3) is 0 Å². The molecular weight excluding hydrogens is 306 g/mol. The Morgan fingerprint density at radius 2 is 1.92 bits per heavy atom. The molecule has 1 aromatic rings. The zero-order valence-corrected chi connectivity index (χ0v) is 14.7. The normalized spacial score (nSPS) is 15.0. The Balaban J connectivity index is 1.81. The molecule has 0 aromatic carbocycles. The van der Waals surface area contributed by atoms with Gasteiger partial charge in [0.15, 0.2) is 0 Å². The van der Waals surface area contributed by atoms with Crippen molar-refractivity contribution in [2.24, 2.45) is 0 Å². The van der Waals surface area contributed by atoms with Crippen LogP contribution in [-0.2, 0) is 4.79 Å². The minimum atomic E-state index is -0.228. The van der Waals surface area contributed by atoms with Gasteiger partial charge < -0.3 is 20.4 Å². The van der Waals surface area contributed by atoms with Crippen molar-refractivity contribution in [2.75, 3.05) is 36.4 Å². The van der Waals surface area contributed by atoms with E-state index in [0.29, 0.717) is 18.8 Å². The fourth-order valence-electron chi connectivity index (χ4n) is 2.89. The molecule has 0 unspecified atom stereocenters. The average Bonchev–Trinajstić information content (AvgIpc) is 2.58.